The number of amides is 1. The third-order valence-electron chi connectivity index (χ3n) is 6.82. The molecule has 1 aromatic heterocycles. The molecule has 0 unspecified atom stereocenters. The molecule has 38 heavy (non-hydrogen) atoms. The van der Waals surface area contributed by atoms with Crippen molar-refractivity contribution in [3.63, 3.8) is 0 Å². The molecular formula is C28H34N4O6. The lowest BCUT2D eigenvalue weighted by Crippen LogP contribution is -2.43. The molecular weight excluding hydrogens is 488 g/mol. The van der Waals surface area contributed by atoms with E-state index in [0.717, 1.165) is 35.0 Å². The molecule has 10 nitrogen and oxygen atoms in total. The van der Waals surface area contributed by atoms with Crippen LogP contribution in [-0.4, -0.2) is 55.7 Å². The van der Waals surface area contributed by atoms with Crippen LogP contribution in [0.3, 0.4) is 0 Å². The van der Waals surface area contributed by atoms with E-state index in [2.05, 4.69) is 20.4 Å². The van der Waals surface area contributed by atoms with Crippen molar-refractivity contribution in [3.05, 3.63) is 53.7 Å². The van der Waals surface area contributed by atoms with Crippen molar-refractivity contribution in [2.75, 3.05) is 31.9 Å². The van der Waals surface area contributed by atoms with Gasteiger partial charge in [-0.1, -0.05) is 19.3 Å². The fourth-order valence-electron chi connectivity index (χ4n) is 4.72. The van der Waals surface area contributed by atoms with Crippen molar-refractivity contribution in [2.45, 2.75) is 50.6 Å². The minimum Gasteiger partial charge on any atom is -0.482 e. The molecule has 0 spiro atoms. The molecule has 3 aromatic rings. The normalized spacial score (nSPS) is 14.5. The second-order valence-electron chi connectivity index (χ2n) is 9.42. The summed E-state index contributed by atoms with van der Waals surface area (Å²) in [7, 11) is 2.57. The lowest BCUT2D eigenvalue weighted by molar-refractivity contribution is -0.143. The second kappa shape index (κ2) is 12.4. The monoisotopic (exact) mass is 522 g/mol. The predicted octanol–water partition coefficient (Wildman–Crippen LogP) is 3.56. The maximum atomic E-state index is 13.1. The molecule has 4 rings (SSSR count). The van der Waals surface area contributed by atoms with Gasteiger partial charge in [0, 0.05) is 35.1 Å². The number of rotatable bonds is 10. The average molecular weight is 523 g/mol. The molecule has 202 valence electrons. The molecule has 0 bridgehead atoms. The van der Waals surface area contributed by atoms with E-state index in [-0.39, 0.29) is 13.0 Å². The number of anilines is 2. The Balaban J connectivity index is 1.47. The van der Waals surface area contributed by atoms with Gasteiger partial charge in [0.25, 0.3) is 5.91 Å². The van der Waals surface area contributed by atoms with E-state index < -0.39 is 23.9 Å². The molecule has 2 aromatic carbocycles. The Labute approximate surface area is 221 Å². The average Bonchev–Trinajstić information content (AvgIpc) is 3.34. The number of carbonyl (C=O) groups excluding carboxylic acids is 3. The molecule has 1 fully saturated rings. The largest absolute Gasteiger partial charge is 0.482 e. The highest BCUT2D eigenvalue weighted by molar-refractivity contribution is 5.98. The molecule has 0 radical (unpaired) electrons. The van der Waals surface area contributed by atoms with Gasteiger partial charge in [-0.2, -0.15) is 0 Å². The zero-order chi connectivity index (χ0) is 27.1. The number of benzene rings is 2. The Hall–Kier alpha value is -4.21. The predicted molar refractivity (Wildman–Crippen MR) is 144 cm³/mol. The van der Waals surface area contributed by atoms with E-state index in [1.165, 1.54) is 33.5 Å². The number of aromatic amines is 1. The summed E-state index contributed by atoms with van der Waals surface area (Å²) in [6.07, 6.45) is 7.81. The number of fused-ring (bicyclic) bond motifs is 1. The van der Waals surface area contributed by atoms with Crippen LogP contribution in [0, 0.1) is 0 Å². The zero-order valence-corrected chi connectivity index (χ0v) is 21.7. The van der Waals surface area contributed by atoms with Crippen molar-refractivity contribution in [1.29, 1.82) is 0 Å². The van der Waals surface area contributed by atoms with Crippen molar-refractivity contribution >= 4 is 40.1 Å². The van der Waals surface area contributed by atoms with Gasteiger partial charge in [0.15, 0.2) is 6.61 Å². The van der Waals surface area contributed by atoms with Crippen LogP contribution in [0.5, 0.6) is 5.75 Å². The van der Waals surface area contributed by atoms with Gasteiger partial charge in [0.1, 0.15) is 11.8 Å². The summed E-state index contributed by atoms with van der Waals surface area (Å²) in [5, 5.41) is 7.05. The Morgan fingerprint density at radius 3 is 2.55 bits per heavy atom. The molecule has 1 aliphatic carbocycles. The van der Waals surface area contributed by atoms with E-state index in [4.69, 9.17) is 15.2 Å². The van der Waals surface area contributed by atoms with Gasteiger partial charge >= 0.3 is 11.9 Å². The number of ether oxygens (including phenoxy) is 3. The van der Waals surface area contributed by atoms with Crippen LogP contribution in [0.15, 0.2) is 42.6 Å². The fraction of sp³-hybridized carbons (Fsp3) is 0.393. The third kappa shape index (κ3) is 6.56. The fourth-order valence-corrected chi connectivity index (χ4v) is 4.72. The number of hydrogen-bond donors (Lipinski definition) is 4. The minimum atomic E-state index is -0.938. The lowest BCUT2D eigenvalue weighted by atomic mass is 9.95. The Morgan fingerprint density at radius 1 is 1.05 bits per heavy atom. The van der Waals surface area contributed by atoms with Crippen LogP contribution in [0.2, 0.25) is 0 Å². The van der Waals surface area contributed by atoms with Gasteiger partial charge in [0.05, 0.1) is 25.6 Å². The number of hydrogen-bond acceptors (Lipinski definition) is 8. The van der Waals surface area contributed by atoms with Crippen LogP contribution in [-0.2, 0) is 25.5 Å². The van der Waals surface area contributed by atoms with Crippen LogP contribution >= 0.6 is 0 Å². The summed E-state index contributed by atoms with van der Waals surface area (Å²) in [5.41, 5.74) is 9.47. The number of nitrogen functional groups attached to an aromatic ring is 1. The molecule has 0 aliphatic heterocycles. The van der Waals surface area contributed by atoms with Crippen molar-refractivity contribution in [2.24, 2.45) is 0 Å². The zero-order valence-electron chi connectivity index (χ0n) is 21.7. The highest BCUT2D eigenvalue weighted by Gasteiger charge is 2.25. The molecule has 5 N–H and O–H groups in total. The minimum absolute atomic E-state index is 0.176. The number of carbonyl (C=O) groups is 3. The number of aromatic nitrogens is 1. The molecule has 1 atom stereocenters. The SMILES string of the molecule is COC(=O)COc1ccc2[nH]cc(C[C@H](NC(=O)c3ccc(NC4CCCCC4)c(N)c3)C(=O)OC)c2c1. The third-order valence-corrected chi connectivity index (χ3v) is 6.82. The van der Waals surface area contributed by atoms with Crippen molar-refractivity contribution < 1.29 is 28.6 Å². The summed E-state index contributed by atoms with van der Waals surface area (Å²) in [4.78, 5) is 40.3. The molecule has 1 saturated carbocycles. The van der Waals surface area contributed by atoms with Crippen LogP contribution in [0.1, 0.15) is 48.0 Å². The first kappa shape index (κ1) is 26.8. The molecule has 1 aliphatic rings. The summed E-state index contributed by atoms with van der Waals surface area (Å²) in [6.45, 7) is -0.222. The van der Waals surface area contributed by atoms with Gasteiger partial charge in [-0.3, -0.25) is 4.79 Å². The van der Waals surface area contributed by atoms with E-state index >= 15 is 0 Å². The summed E-state index contributed by atoms with van der Waals surface area (Å²) in [5.74, 6) is -1.03. The van der Waals surface area contributed by atoms with Crippen LogP contribution in [0.25, 0.3) is 10.9 Å². The Bertz CT molecular complexity index is 1300. The van der Waals surface area contributed by atoms with E-state index in [9.17, 15) is 14.4 Å². The first-order valence-corrected chi connectivity index (χ1v) is 12.7. The number of nitrogens with one attached hydrogen (secondary N) is 3. The first-order chi connectivity index (χ1) is 18.4. The van der Waals surface area contributed by atoms with Gasteiger partial charge in [0.2, 0.25) is 0 Å². The van der Waals surface area contributed by atoms with Gasteiger partial charge in [-0.25, -0.2) is 9.59 Å². The van der Waals surface area contributed by atoms with Gasteiger partial charge in [-0.15, -0.1) is 0 Å². The van der Waals surface area contributed by atoms with E-state index in [1.807, 2.05) is 12.1 Å². The highest BCUT2D eigenvalue weighted by atomic mass is 16.6. The first-order valence-electron chi connectivity index (χ1n) is 12.7. The van der Waals surface area contributed by atoms with Crippen molar-refractivity contribution in [1.82, 2.24) is 10.3 Å². The number of methoxy groups -OCH3 is 2. The maximum Gasteiger partial charge on any atom is 0.343 e. The van der Waals surface area contributed by atoms with Gasteiger partial charge < -0.3 is 35.6 Å². The van der Waals surface area contributed by atoms with Crippen LogP contribution < -0.4 is 21.1 Å². The highest BCUT2D eigenvalue weighted by Crippen LogP contribution is 2.27. The second-order valence-corrected chi connectivity index (χ2v) is 9.42. The smallest absolute Gasteiger partial charge is 0.343 e. The number of nitrogens with two attached hydrogens (primary N) is 1. The standard InChI is InChI=1S/C28H34N4O6/c1-36-26(33)16-38-20-9-11-23-21(14-20)18(15-30-23)13-25(28(35)37-2)32-27(34)17-8-10-24(22(29)12-17)31-19-6-4-3-5-7-19/h8-12,14-15,19,25,30-31H,3-7,13,16,29H2,1-2H3,(H,32,34)/t25-/m0/s1. The summed E-state index contributed by atoms with van der Waals surface area (Å²) in [6, 6.07) is 9.86. The topological polar surface area (TPSA) is 145 Å². The van der Waals surface area contributed by atoms with Crippen LogP contribution in [0.4, 0.5) is 11.4 Å². The van der Waals surface area contributed by atoms with Crippen molar-refractivity contribution in [3.8, 4) is 5.75 Å². The quantitative estimate of drug-likeness (QED) is 0.234. The summed E-state index contributed by atoms with van der Waals surface area (Å²) < 4.78 is 15.1. The maximum absolute atomic E-state index is 13.1. The lowest BCUT2D eigenvalue weighted by Gasteiger charge is -2.24. The van der Waals surface area contributed by atoms with E-state index in [0.29, 0.717) is 23.0 Å². The summed E-state index contributed by atoms with van der Waals surface area (Å²) >= 11 is 0. The number of H-pyrrole nitrogens is 1. The molecule has 10 heteroatoms. The molecule has 0 saturated heterocycles. The molecule has 1 amide bonds. The van der Waals surface area contributed by atoms with Gasteiger partial charge in [-0.05, 0) is 54.8 Å². The Kier molecular flexibility index (Phi) is 8.73. The Morgan fingerprint density at radius 2 is 1.84 bits per heavy atom. The number of esters is 2. The van der Waals surface area contributed by atoms with E-state index in [1.54, 1.807) is 30.5 Å². The molecule has 1 heterocycles.